The van der Waals surface area contributed by atoms with Crippen LogP contribution in [0.4, 0.5) is 0 Å². The zero-order valence-corrected chi connectivity index (χ0v) is 18.0. The van der Waals surface area contributed by atoms with Gasteiger partial charge in [-0.05, 0) is 49.2 Å². The Bertz CT molecular complexity index is 1040. The number of halogens is 2. The molecule has 2 aromatic heterocycles. The van der Waals surface area contributed by atoms with E-state index in [1.807, 2.05) is 45.8 Å². The number of carbonyl (C=O) groups is 2. The number of piperidine rings is 1. The molecule has 1 aliphatic rings. The van der Waals surface area contributed by atoms with Crippen molar-refractivity contribution in [3.63, 3.8) is 0 Å². The van der Waals surface area contributed by atoms with E-state index in [0.29, 0.717) is 43.1 Å². The monoisotopic (exact) mass is 474 g/mol. The van der Waals surface area contributed by atoms with Crippen LogP contribution in [-0.4, -0.2) is 39.2 Å². The summed E-state index contributed by atoms with van der Waals surface area (Å²) in [7, 11) is 0. The summed E-state index contributed by atoms with van der Waals surface area (Å²) < 4.78 is 2.79. The van der Waals surface area contributed by atoms with E-state index in [4.69, 9.17) is 11.6 Å². The summed E-state index contributed by atoms with van der Waals surface area (Å²) in [5, 5.41) is 3.60. The molecule has 3 aromatic rings. The fourth-order valence-corrected chi connectivity index (χ4v) is 3.98. The second-order valence-corrected chi connectivity index (χ2v) is 8.49. The van der Waals surface area contributed by atoms with Crippen LogP contribution in [-0.2, 0) is 11.3 Å². The number of amides is 2. The number of rotatable bonds is 4. The van der Waals surface area contributed by atoms with Crippen LogP contribution in [0.15, 0.2) is 53.3 Å². The molecular weight excluding hydrogens is 456 g/mol. The molecule has 1 N–H and O–H groups in total. The van der Waals surface area contributed by atoms with Crippen molar-refractivity contribution in [2.24, 2.45) is 5.92 Å². The van der Waals surface area contributed by atoms with Gasteiger partial charge in [0.15, 0.2) is 0 Å². The van der Waals surface area contributed by atoms with Crippen LogP contribution in [0.1, 0.15) is 28.9 Å². The van der Waals surface area contributed by atoms with Crippen LogP contribution in [0.5, 0.6) is 0 Å². The molecule has 1 aromatic carbocycles. The lowest BCUT2D eigenvalue weighted by molar-refractivity contribution is -0.126. The van der Waals surface area contributed by atoms with Crippen LogP contribution < -0.4 is 5.32 Å². The maximum atomic E-state index is 12.6. The van der Waals surface area contributed by atoms with Gasteiger partial charge in [-0.3, -0.25) is 9.59 Å². The van der Waals surface area contributed by atoms with E-state index >= 15 is 0 Å². The summed E-state index contributed by atoms with van der Waals surface area (Å²) in [6, 6.07) is 11.0. The van der Waals surface area contributed by atoms with Gasteiger partial charge in [0, 0.05) is 41.4 Å². The van der Waals surface area contributed by atoms with Crippen LogP contribution in [0.25, 0.3) is 5.65 Å². The molecule has 0 aliphatic carbocycles. The van der Waals surface area contributed by atoms with Crippen molar-refractivity contribution in [1.82, 2.24) is 19.6 Å². The fraction of sp³-hybridized carbons (Fsp3) is 0.286. The summed E-state index contributed by atoms with van der Waals surface area (Å²) in [6.07, 6.45) is 4.97. The smallest absolute Gasteiger partial charge is 0.253 e. The molecule has 1 saturated heterocycles. The van der Waals surface area contributed by atoms with Crippen LogP contribution in [0, 0.1) is 5.92 Å². The van der Waals surface area contributed by atoms with Crippen LogP contribution in [0.2, 0.25) is 5.02 Å². The number of nitrogens with zero attached hydrogens (tertiary/aromatic N) is 3. The van der Waals surface area contributed by atoms with Gasteiger partial charge < -0.3 is 14.6 Å². The molecule has 2 amide bonds. The first-order valence-electron chi connectivity index (χ1n) is 9.45. The van der Waals surface area contributed by atoms with Crippen molar-refractivity contribution in [2.45, 2.75) is 19.4 Å². The van der Waals surface area contributed by atoms with E-state index in [0.717, 1.165) is 15.8 Å². The first-order valence-corrected chi connectivity index (χ1v) is 10.6. The van der Waals surface area contributed by atoms with Gasteiger partial charge in [-0.25, -0.2) is 4.98 Å². The van der Waals surface area contributed by atoms with Gasteiger partial charge in [-0.15, -0.1) is 0 Å². The third-order valence-electron chi connectivity index (χ3n) is 5.15. The number of nitrogens with one attached hydrogen (secondary N) is 1. The number of benzene rings is 1. The van der Waals surface area contributed by atoms with E-state index in [1.165, 1.54) is 0 Å². The summed E-state index contributed by atoms with van der Waals surface area (Å²) in [5.41, 5.74) is 2.24. The highest BCUT2D eigenvalue weighted by Gasteiger charge is 2.27. The van der Waals surface area contributed by atoms with Gasteiger partial charge in [0.2, 0.25) is 5.91 Å². The molecule has 1 aliphatic heterocycles. The van der Waals surface area contributed by atoms with E-state index in [-0.39, 0.29) is 17.7 Å². The Morgan fingerprint density at radius 1 is 1.10 bits per heavy atom. The minimum absolute atomic E-state index is 0.0100. The highest BCUT2D eigenvalue weighted by molar-refractivity contribution is 9.10. The summed E-state index contributed by atoms with van der Waals surface area (Å²) in [5.74, 6) is -0.0639. The Morgan fingerprint density at radius 2 is 1.83 bits per heavy atom. The molecule has 8 heteroatoms. The summed E-state index contributed by atoms with van der Waals surface area (Å²) in [6.45, 7) is 1.54. The van der Waals surface area contributed by atoms with Gasteiger partial charge in [0.1, 0.15) is 5.65 Å². The Morgan fingerprint density at radius 3 is 2.55 bits per heavy atom. The van der Waals surface area contributed by atoms with E-state index in [9.17, 15) is 9.59 Å². The lowest BCUT2D eigenvalue weighted by Gasteiger charge is -2.31. The van der Waals surface area contributed by atoms with Crippen molar-refractivity contribution in [1.29, 1.82) is 0 Å². The number of hydrogen-bond acceptors (Lipinski definition) is 3. The van der Waals surface area contributed by atoms with E-state index in [2.05, 4.69) is 26.2 Å². The number of pyridine rings is 1. The van der Waals surface area contributed by atoms with E-state index in [1.54, 1.807) is 12.3 Å². The Hall–Kier alpha value is -2.38. The second-order valence-electron chi connectivity index (χ2n) is 7.14. The number of fused-ring (bicyclic) bond motifs is 1. The van der Waals surface area contributed by atoms with Crippen molar-refractivity contribution in [3.8, 4) is 0 Å². The molecular formula is C21H20BrClN4O2. The Balaban J connectivity index is 1.29. The van der Waals surface area contributed by atoms with E-state index < -0.39 is 0 Å². The lowest BCUT2D eigenvalue weighted by Crippen LogP contribution is -2.42. The number of aromatic nitrogens is 2. The second kappa shape index (κ2) is 8.55. The lowest BCUT2D eigenvalue weighted by atomic mass is 9.95. The SMILES string of the molecule is O=C(NCc1cn2cc(Cl)ccc2n1)C1CCN(C(=O)c2ccc(Br)cc2)CC1. The average molecular weight is 476 g/mol. The Labute approximate surface area is 182 Å². The summed E-state index contributed by atoms with van der Waals surface area (Å²) >= 11 is 9.37. The van der Waals surface area contributed by atoms with Gasteiger partial charge >= 0.3 is 0 Å². The van der Waals surface area contributed by atoms with Gasteiger partial charge in [0.05, 0.1) is 17.3 Å². The molecule has 29 heavy (non-hydrogen) atoms. The molecule has 0 atom stereocenters. The van der Waals surface area contributed by atoms with Crippen molar-refractivity contribution < 1.29 is 9.59 Å². The fourth-order valence-electron chi connectivity index (χ4n) is 3.54. The van der Waals surface area contributed by atoms with Crippen LogP contribution in [0.3, 0.4) is 0 Å². The molecule has 1 fully saturated rings. The third-order valence-corrected chi connectivity index (χ3v) is 5.90. The summed E-state index contributed by atoms with van der Waals surface area (Å²) in [4.78, 5) is 31.4. The minimum atomic E-state index is -0.0876. The Kier molecular flexibility index (Phi) is 5.87. The zero-order valence-electron chi connectivity index (χ0n) is 15.6. The van der Waals surface area contributed by atoms with Gasteiger partial charge in [-0.2, -0.15) is 0 Å². The molecule has 0 saturated carbocycles. The standard InChI is InChI=1S/C21H20BrClN4O2/c22-16-3-1-15(2-4-16)21(29)26-9-7-14(8-10-26)20(28)24-11-18-13-27-12-17(23)5-6-19(27)25-18/h1-6,12-14H,7-11H2,(H,24,28). The first-order chi connectivity index (χ1) is 14.0. The molecule has 0 bridgehead atoms. The highest BCUT2D eigenvalue weighted by atomic mass is 79.9. The third kappa shape index (κ3) is 4.62. The molecule has 0 radical (unpaired) electrons. The number of likely N-dealkylation sites (tertiary alicyclic amines) is 1. The predicted octanol–water partition coefficient (Wildman–Crippen LogP) is 3.92. The molecule has 4 rings (SSSR count). The number of hydrogen-bond donors (Lipinski definition) is 1. The van der Waals surface area contributed by atoms with Crippen LogP contribution >= 0.6 is 27.5 Å². The number of carbonyl (C=O) groups excluding carboxylic acids is 2. The quantitative estimate of drug-likeness (QED) is 0.622. The maximum Gasteiger partial charge on any atom is 0.253 e. The first kappa shape index (κ1) is 19.9. The van der Waals surface area contributed by atoms with Gasteiger partial charge in [0.25, 0.3) is 5.91 Å². The molecule has 6 nitrogen and oxygen atoms in total. The zero-order chi connectivity index (χ0) is 20.4. The molecule has 0 spiro atoms. The highest BCUT2D eigenvalue weighted by Crippen LogP contribution is 2.20. The molecule has 150 valence electrons. The topological polar surface area (TPSA) is 66.7 Å². The number of imidazole rings is 1. The average Bonchev–Trinajstić information content (AvgIpc) is 3.14. The van der Waals surface area contributed by atoms with Gasteiger partial charge in [-0.1, -0.05) is 27.5 Å². The molecule has 3 heterocycles. The van der Waals surface area contributed by atoms with Crippen molar-refractivity contribution >= 4 is 45.0 Å². The molecule has 0 unspecified atom stereocenters. The maximum absolute atomic E-state index is 12.6. The van der Waals surface area contributed by atoms with Crippen molar-refractivity contribution in [2.75, 3.05) is 13.1 Å². The predicted molar refractivity (Wildman–Crippen MR) is 115 cm³/mol. The normalized spacial score (nSPS) is 14.9. The van der Waals surface area contributed by atoms with Crippen molar-refractivity contribution in [3.05, 3.63) is 69.5 Å². The minimum Gasteiger partial charge on any atom is -0.350 e. The largest absolute Gasteiger partial charge is 0.350 e.